The largest absolute Gasteiger partial charge is 0.395 e. The molecule has 0 heterocycles. The number of benzene rings is 2. The highest BCUT2D eigenvalue weighted by Crippen LogP contribution is 2.34. The minimum Gasteiger partial charge on any atom is -0.307 e. The fourth-order valence-electron chi connectivity index (χ4n) is 3.24. The van der Waals surface area contributed by atoms with Crippen LogP contribution in [0.5, 0.6) is 0 Å². The molecule has 0 saturated carbocycles. The van der Waals surface area contributed by atoms with Crippen LogP contribution >= 0.6 is 0 Å². The van der Waals surface area contributed by atoms with E-state index in [2.05, 4.69) is 36.5 Å². The van der Waals surface area contributed by atoms with Gasteiger partial charge >= 0.3 is 6.18 Å². The van der Waals surface area contributed by atoms with Crippen LogP contribution in [0.4, 0.5) is 13.2 Å². The van der Waals surface area contributed by atoms with Gasteiger partial charge in [0.2, 0.25) is 0 Å². The highest BCUT2D eigenvalue weighted by molar-refractivity contribution is 5.86. The molecule has 0 aliphatic heterocycles. The van der Waals surface area contributed by atoms with Gasteiger partial charge in [0, 0.05) is 12.6 Å². The van der Waals surface area contributed by atoms with E-state index in [4.69, 9.17) is 0 Å². The Morgan fingerprint density at radius 3 is 2.73 bits per heavy atom. The Kier molecular flexibility index (Phi) is 5.62. The van der Waals surface area contributed by atoms with Crippen LogP contribution in [0.1, 0.15) is 24.9 Å². The zero-order chi connectivity index (χ0) is 18.6. The highest BCUT2D eigenvalue weighted by atomic mass is 19.4. The molecule has 0 saturated heterocycles. The SMILES string of the molecule is CC(NC/C=C/C1=CC=CC(C(F)(F)F)C1)c1cccc2ccccc12. The van der Waals surface area contributed by atoms with Crippen molar-refractivity contribution in [2.24, 2.45) is 5.92 Å². The van der Waals surface area contributed by atoms with Crippen LogP contribution < -0.4 is 5.32 Å². The van der Waals surface area contributed by atoms with Crippen molar-refractivity contribution in [1.29, 1.82) is 0 Å². The number of alkyl halides is 3. The summed E-state index contributed by atoms with van der Waals surface area (Å²) in [4.78, 5) is 0. The van der Waals surface area contributed by atoms with Gasteiger partial charge < -0.3 is 5.32 Å². The predicted molar refractivity (Wildman–Crippen MR) is 101 cm³/mol. The van der Waals surface area contributed by atoms with Crippen LogP contribution in [-0.4, -0.2) is 12.7 Å². The average molecular weight is 357 g/mol. The molecule has 0 spiro atoms. The standard InChI is InChI=1S/C22H22F3N/c1-16(20-13-5-10-18-9-2-3-12-21(18)20)26-14-6-8-17-7-4-11-19(15-17)22(23,24)25/h2-13,16,19,26H,14-15H2,1H3/b8-6+. The predicted octanol–water partition coefficient (Wildman–Crippen LogP) is 6.11. The van der Waals surface area contributed by atoms with Crippen LogP contribution in [0.25, 0.3) is 10.8 Å². The number of hydrogen-bond donors (Lipinski definition) is 1. The minimum absolute atomic E-state index is 0.00930. The van der Waals surface area contributed by atoms with E-state index in [1.54, 1.807) is 12.2 Å². The normalized spacial score (nSPS) is 19.1. The molecule has 0 fully saturated rings. The summed E-state index contributed by atoms with van der Waals surface area (Å²) in [6.07, 6.45) is 3.96. The molecule has 2 unspecified atom stereocenters. The van der Waals surface area contributed by atoms with Gasteiger partial charge in [0.25, 0.3) is 0 Å². The number of rotatable bonds is 5. The molecule has 4 heteroatoms. The zero-order valence-corrected chi connectivity index (χ0v) is 14.6. The van der Waals surface area contributed by atoms with Gasteiger partial charge in [-0.15, -0.1) is 0 Å². The zero-order valence-electron chi connectivity index (χ0n) is 14.6. The fraction of sp³-hybridized carbons (Fsp3) is 0.273. The van der Waals surface area contributed by atoms with Gasteiger partial charge in [-0.2, -0.15) is 13.2 Å². The first kappa shape index (κ1) is 18.5. The lowest BCUT2D eigenvalue weighted by atomic mass is 9.93. The van der Waals surface area contributed by atoms with Gasteiger partial charge in [-0.3, -0.25) is 0 Å². The third kappa shape index (κ3) is 4.44. The van der Waals surface area contributed by atoms with E-state index in [9.17, 15) is 13.2 Å². The molecular weight excluding hydrogens is 335 g/mol. The Balaban J connectivity index is 1.58. The van der Waals surface area contributed by atoms with E-state index >= 15 is 0 Å². The quantitative estimate of drug-likeness (QED) is 0.680. The summed E-state index contributed by atoms with van der Waals surface area (Å²) in [7, 11) is 0. The van der Waals surface area contributed by atoms with Gasteiger partial charge in [-0.05, 0) is 35.3 Å². The molecule has 0 amide bonds. The molecule has 2 aromatic carbocycles. The van der Waals surface area contributed by atoms with Crippen LogP contribution in [0.3, 0.4) is 0 Å². The summed E-state index contributed by atoms with van der Waals surface area (Å²) in [6.45, 7) is 2.69. The highest BCUT2D eigenvalue weighted by Gasteiger charge is 2.38. The van der Waals surface area contributed by atoms with Crippen molar-refractivity contribution in [1.82, 2.24) is 5.32 Å². The van der Waals surface area contributed by atoms with Gasteiger partial charge in [0.15, 0.2) is 0 Å². The number of halogens is 3. The molecule has 26 heavy (non-hydrogen) atoms. The lowest BCUT2D eigenvalue weighted by Crippen LogP contribution is -2.22. The Hall–Kier alpha value is -2.33. The van der Waals surface area contributed by atoms with Gasteiger partial charge in [0.05, 0.1) is 5.92 Å². The van der Waals surface area contributed by atoms with Gasteiger partial charge in [-0.1, -0.05) is 72.8 Å². The van der Waals surface area contributed by atoms with E-state index < -0.39 is 12.1 Å². The molecule has 3 rings (SSSR count). The molecule has 0 bridgehead atoms. The molecule has 1 aliphatic carbocycles. The molecule has 1 nitrogen and oxygen atoms in total. The Labute approximate surface area is 151 Å². The Bertz CT molecular complexity index is 841. The molecule has 1 N–H and O–H groups in total. The molecule has 2 atom stereocenters. The summed E-state index contributed by atoms with van der Waals surface area (Å²) >= 11 is 0. The fourth-order valence-corrected chi connectivity index (χ4v) is 3.24. The molecule has 2 aromatic rings. The molecule has 0 aromatic heterocycles. The Morgan fingerprint density at radius 2 is 1.92 bits per heavy atom. The van der Waals surface area contributed by atoms with Crippen LogP contribution in [0.2, 0.25) is 0 Å². The maximum atomic E-state index is 12.8. The summed E-state index contributed by atoms with van der Waals surface area (Å²) in [5, 5.41) is 5.83. The second-order valence-electron chi connectivity index (χ2n) is 6.58. The van der Waals surface area contributed by atoms with E-state index in [1.807, 2.05) is 24.3 Å². The maximum Gasteiger partial charge on any atom is 0.395 e. The van der Waals surface area contributed by atoms with Crippen LogP contribution in [0.15, 0.2) is 78.4 Å². The number of fused-ring (bicyclic) bond motifs is 1. The van der Waals surface area contributed by atoms with Crippen molar-refractivity contribution >= 4 is 10.8 Å². The van der Waals surface area contributed by atoms with Crippen molar-refractivity contribution in [2.75, 3.05) is 6.54 Å². The maximum absolute atomic E-state index is 12.8. The second-order valence-corrected chi connectivity index (χ2v) is 6.58. The van der Waals surface area contributed by atoms with E-state index in [-0.39, 0.29) is 12.5 Å². The summed E-state index contributed by atoms with van der Waals surface area (Å²) in [6, 6.07) is 14.6. The lowest BCUT2D eigenvalue weighted by Gasteiger charge is -2.19. The van der Waals surface area contributed by atoms with Crippen LogP contribution in [0, 0.1) is 5.92 Å². The average Bonchev–Trinajstić information content (AvgIpc) is 2.64. The van der Waals surface area contributed by atoms with Gasteiger partial charge in [0.1, 0.15) is 0 Å². The van der Waals surface area contributed by atoms with Crippen molar-refractivity contribution < 1.29 is 13.2 Å². The van der Waals surface area contributed by atoms with Crippen molar-refractivity contribution in [2.45, 2.75) is 25.6 Å². The summed E-state index contributed by atoms with van der Waals surface area (Å²) < 4.78 is 38.4. The molecule has 136 valence electrons. The van der Waals surface area contributed by atoms with Crippen molar-refractivity contribution in [3.05, 3.63) is 84.0 Å². The number of allylic oxidation sites excluding steroid dienone is 5. The third-order valence-corrected chi connectivity index (χ3v) is 4.69. The van der Waals surface area contributed by atoms with E-state index in [0.29, 0.717) is 12.1 Å². The topological polar surface area (TPSA) is 12.0 Å². The second kappa shape index (κ2) is 7.92. The van der Waals surface area contributed by atoms with Crippen molar-refractivity contribution in [3.8, 4) is 0 Å². The first-order chi connectivity index (χ1) is 12.4. The molecule has 1 aliphatic rings. The van der Waals surface area contributed by atoms with E-state index in [0.717, 1.165) is 0 Å². The lowest BCUT2D eigenvalue weighted by molar-refractivity contribution is -0.160. The van der Waals surface area contributed by atoms with Crippen LogP contribution in [-0.2, 0) is 0 Å². The molecular formula is C22H22F3N. The minimum atomic E-state index is -4.18. The number of nitrogens with one attached hydrogen (secondary N) is 1. The Morgan fingerprint density at radius 1 is 1.15 bits per heavy atom. The summed E-state index contributed by atoms with van der Waals surface area (Å²) in [5.41, 5.74) is 1.92. The first-order valence-corrected chi connectivity index (χ1v) is 8.77. The first-order valence-electron chi connectivity index (χ1n) is 8.77. The molecule has 0 radical (unpaired) electrons. The third-order valence-electron chi connectivity index (χ3n) is 4.69. The summed E-state index contributed by atoms with van der Waals surface area (Å²) in [5.74, 6) is -1.38. The van der Waals surface area contributed by atoms with E-state index in [1.165, 1.54) is 28.5 Å². The number of hydrogen-bond acceptors (Lipinski definition) is 1. The van der Waals surface area contributed by atoms with Gasteiger partial charge in [-0.25, -0.2) is 0 Å². The van der Waals surface area contributed by atoms with Crippen molar-refractivity contribution in [3.63, 3.8) is 0 Å². The monoisotopic (exact) mass is 357 g/mol. The smallest absolute Gasteiger partial charge is 0.307 e.